The predicted molar refractivity (Wildman–Crippen MR) is 95.6 cm³/mol. The zero-order valence-corrected chi connectivity index (χ0v) is 14.7. The fourth-order valence-electron chi connectivity index (χ4n) is 3.96. The average Bonchev–Trinajstić information content (AvgIpc) is 2.55. The summed E-state index contributed by atoms with van der Waals surface area (Å²) in [4.78, 5) is 0. The number of hydrogen-bond donors (Lipinski definition) is 0. The standard InChI is InChI=1S/C22H26F2/c1-3-5-15-7-8-18-14-19(10-9-17(18)11-15)22-20(23)12-16(6-4-2)13-21(22)24/h7-8,11-13,19H,3-6,9-10,14H2,1-2H3. The van der Waals surface area contributed by atoms with E-state index in [1.54, 1.807) is 0 Å². The second-order valence-corrected chi connectivity index (χ2v) is 7.02. The van der Waals surface area contributed by atoms with Crippen LogP contribution >= 0.6 is 0 Å². The van der Waals surface area contributed by atoms with Gasteiger partial charge in [0, 0.05) is 5.56 Å². The minimum absolute atomic E-state index is 0.0507. The Bertz CT molecular complexity index is 695. The molecular formula is C22H26F2. The third kappa shape index (κ3) is 3.53. The van der Waals surface area contributed by atoms with Crippen molar-refractivity contribution in [2.24, 2.45) is 0 Å². The van der Waals surface area contributed by atoms with Crippen LogP contribution in [0.2, 0.25) is 0 Å². The Kier molecular flexibility index (Phi) is 5.33. The second kappa shape index (κ2) is 7.46. The summed E-state index contributed by atoms with van der Waals surface area (Å²) in [5, 5.41) is 0. The van der Waals surface area contributed by atoms with E-state index in [1.165, 1.54) is 28.8 Å². The van der Waals surface area contributed by atoms with Gasteiger partial charge in [0.25, 0.3) is 0 Å². The molecule has 128 valence electrons. The first-order valence-corrected chi connectivity index (χ1v) is 9.20. The van der Waals surface area contributed by atoms with E-state index >= 15 is 0 Å². The molecule has 0 radical (unpaired) electrons. The van der Waals surface area contributed by atoms with Gasteiger partial charge in [-0.25, -0.2) is 8.78 Å². The van der Waals surface area contributed by atoms with Crippen molar-refractivity contribution in [1.29, 1.82) is 0 Å². The summed E-state index contributed by atoms with van der Waals surface area (Å²) in [6.45, 7) is 4.21. The highest BCUT2D eigenvalue weighted by atomic mass is 19.1. The molecule has 0 fully saturated rings. The lowest BCUT2D eigenvalue weighted by atomic mass is 9.79. The van der Waals surface area contributed by atoms with Gasteiger partial charge in [-0.2, -0.15) is 0 Å². The lowest BCUT2D eigenvalue weighted by Crippen LogP contribution is -2.16. The Balaban J connectivity index is 1.85. The molecule has 2 aromatic carbocycles. The van der Waals surface area contributed by atoms with Crippen LogP contribution in [0, 0.1) is 11.6 Å². The Morgan fingerprint density at radius 2 is 1.54 bits per heavy atom. The number of fused-ring (bicyclic) bond motifs is 1. The maximum absolute atomic E-state index is 14.5. The lowest BCUT2D eigenvalue weighted by Gasteiger charge is -2.26. The molecule has 24 heavy (non-hydrogen) atoms. The number of aryl methyl sites for hydroxylation is 3. The van der Waals surface area contributed by atoms with Gasteiger partial charge in [0.2, 0.25) is 0 Å². The van der Waals surface area contributed by atoms with E-state index in [1.807, 2.05) is 6.92 Å². The van der Waals surface area contributed by atoms with Gasteiger partial charge < -0.3 is 0 Å². The van der Waals surface area contributed by atoms with E-state index in [9.17, 15) is 8.78 Å². The normalized spacial score (nSPS) is 16.9. The Hall–Kier alpha value is -1.70. The molecule has 2 heteroatoms. The SMILES string of the molecule is CCCc1cc(F)c(C2CCc3cc(CCC)ccc3C2)c(F)c1. The summed E-state index contributed by atoms with van der Waals surface area (Å²) >= 11 is 0. The summed E-state index contributed by atoms with van der Waals surface area (Å²) in [5.74, 6) is -0.783. The molecule has 1 aliphatic rings. The molecule has 3 rings (SSSR count). The first-order valence-electron chi connectivity index (χ1n) is 9.20. The molecule has 0 aliphatic heterocycles. The molecular weight excluding hydrogens is 302 g/mol. The largest absolute Gasteiger partial charge is 0.207 e. The molecule has 0 aromatic heterocycles. The van der Waals surface area contributed by atoms with Crippen molar-refractivity contribution in [3.05, 3.63) is 69.8 Å². The monoisotopic (exact) mass is 328 g/mol. The van der Waals surface area contributed by atoms with Crippen LogP contribution in [0.4, 0.5) is 8.78 Å². The Morgan fingerprint density at radius 3 is 2.21 bits per heavy atom. The van der Waals surface area contributed by atoms with Crippen LogP contribution in [0.3, 0.4) is 0 Å². The van der Waals surface area contributed by atoms with Crippen LogP contribution in [0.5, 0.6) is 0 Å². The zero-order valence-electron chi connectivity index (χ0n) is 14.7. The second-order valence-electron chi connectivity index (χ2n) is 7.02. The molecule has 1 unspecified atom stereocenters. The number of hydrogen-bond acceptors (Lipinski definition) is 0. The highest BCUT2D eigenvalue weighted by Crippen LogP contribution is 2.36. The third-order valence-electron chi connectivity index (χ3n) is 5.12. The van der Waals surface area contributed by atoms with Gasteiger partial charge in [0.1, 0.15) is 11.6 Å². The maximum Gasteiger partial charge on any atom is 0.129 e. The van der Waals surface area contributed by atoms with Crippen LogP contribution in [0.1, 0.15) is 66.8 Å². The first-order chi connectivity index (χ1) is 11.6. The van der Waals surface area contributed by atoms with Crippen molar-refractivity contribution >= 4 is 0 Å². The minimum Gasteiger partial charge on any atom is -0.207 e. The van der Waals surface area contributed by atoms with Gasteiger partial charge in [0.05, 0.1) is 0 Å². The maximum atomic E-state index is 14.5. The molecule has 2 aromatic rings. The van der Waals surface area contributed by atoms with Crippen LogP contribution in [0.15, 0.2) is 30.3 Å². The van der Waals surface area contributed by atoms with E-state index < -0.39 is 0 Å². The summed E-state index contributed by atoms with van der Waals surface area (Å²) in [7, 11) is 0. The lowest BCUT2D eigenvalue weighted by molar-refractivity contribution is 0.489. The van der Waals surface area contributed by atoms with Crippen LogP contribution in [-0.4, -0.2) is 0 Å². The topological polar surface area (TPSA) is 0 Å². The van der Waals surface area contributed by atoms with Gasteiger partial charge in [-0.3, -0.25) is 0 Å². The first kappa shape index (κ1) is 17.1. The Labute approximate surface area is 143 Å². The molecule has 1 aliphatic carbocycles. The molecule has 0 amide bonds. The van der Waals surface area contributed by atoms with E-state index in [0.717, 1.165) is 50.5 Å². The van der Waals surface area contributed by atoms with Crippen molar-refractivity contribution in [2.75, 3.05) is 0 Å². The summed E-state index contributed by atoms with van der Waals surface area (Å²) in [5.41, 5.74) is 5.04. The smallest absolute Gasteiger partial charge is 0.129 e. The number of benzene rings is 2. The van der Waals surface area contributed by atoms with Crippen molar-refractivity contribution in [2.45, 2.75) is 64.7 Å². The van der Waals surface area contributed by atoms with E-state index in [-0.39, 0.29) is 23.1 Å². The summed E-state index contributed by atoms with van der Waals surface area (Å²) < 4.78 is 29.0. The predicted octanol–water partition coefficient (Wildman–Crippen LogP) is 6.14. The van der Waals surface area contributed by atoms with Gasteiger partial charge in [0.15, 0.2) is 0 Å². The van der Waals surface area contributed by atoms with Gasteiger partial charge in [-0.15, -0.1) is 0 Å². The van der Waals surface area contributed by atoms with Crippen molar-refractivity contribution in [1.82, 2.24) is 0 Å². The minimum atomic E-state index is -0.366. The zero-order chi connectivity index (χ0) is 17.1. The van der Waals surface area contributed by atoms with Gasteiger partial charge in [-0.05, 0) is 72.4 Å². The van der Waals surface area contributed by atoms with E-state index in [0.29, 0.717) is 0 Å². The fraction of sp³-hybridized carbons (Fsp3) is 0.455. The van der Waals surface area contributed by atoms with Crippen LogP contribution in [-0.2, 0) is 25.7 Å². The quantitative estimate of drug-likeness (QED) is 0.618. The van der Waals surface area contributed by atoms with Crippen LogP contribution < -0.4 is 0 Å². The van der Waals surface area contributed by atoms with Gasteiger partial charge in [-0.1, -0.05) is 44.9 Å². The molecule has 0 saturated carbocycles. The molecule has 0 bridgehead atoms. The van der Waals surface area contributed by atoms with E-state index in [2.05, 4.69) is 25.1 Å². The molecule has 0 heterocycles. The number of rotatable bonds is 5. The molecule has 0 nitrogen and oxygen atoms in total. The molecule has 0 saturated heterocycles. The number of halogens is 2. The average molecular weight is 328 g/mol. The van der Waals surface area contributed by atoms with E-state index in [4.69, 9.17) is 0 Å². The van der Waals surface area contributed by atoms with Crippen LogP contribution in [0.25, 0.3) is 0 Å². The van der Waals surface area contributed by atoms with Crippen molar-refractivity contribution in [3.63, 3.8) is 0 Å². The fourth-order valence-corrected chi connectivity index (χ4v) is 3.96. The highest BCUT2D eigenvalue weighted by molar-refractivity contribution is 5.38. The van der Waals surface area contributed by atoms with Crippen molar-refractivity contribution < 1.29 is 8.78 Å². The van der Waals surface area contributed by atoms with Crippen molar-refractivity contribution in [3.8, 4) is 0 Å². The third-order valence-corrected chi connectivity index (χ3v) is 5.12. The Morgan fingerprint density at radius 1 is 0.875 bits per heavy atom. The highest BCUT2D eigenvalue weighted by Gasteiger charge is 2.26. The molecule has 0 spiro atoms. The molecule has 0 N–H and O–H groups in total. The summed E-state index contributed by atoms with van der Waals surface area (Å²) in [6, 6.07) is 9.67. The summed E-state index contributed by atoms with van der Waals surface area (Å²) in [6.07, 6.45) is 6.33. The molecule has 1 atom stereocenters. The van der Waals surface area contributed by atoms with Gasteiger partial charge >= 0.3 is 0 Å².